The fourth-order valence-electron chi connectivity index (χ4n) is 2.03. The molecule has 0 spiro atoms. The van der Waals surface area contributed by atoms with Gasteiger partial charge in [-0.3, -0.25) is 9.59 Å². The molecule has 0 aliphatic carbocycles. The molecule has 0 aromatic heterocycles. The van der Waals surface area contributed by atoms with Crippen LogP contribution in [0.5, 0.6) is 5.75 Å². The Kier molecular flexibility index (Phi) is 6.38. The second kappa shape index (κ2) is 8.50. The number of aliphatic hydroxyl groups excluding tert-OH is 1. The third-order valence-electron chi connectivity index (χ3n) is 3.29. The van der Waals surface area contributed by atoms with E-state index in [0.29, 0.717) is 34.3 Å². The molecule has 2 amide bonds. The summed E-state index contributed by atoms with van der Waals surface area (Å²) >= 11 is 5.82. The molecule has 7 heteroatoms. The number of ether oxygens (including phenoxy) is 1. The molecule has 0 saturated carbocycles. The minimum absolute atomic E-state index is 0.358. The Balaban J connectivity index is 2.28. The van der Waals surface area contributed by atoms with Crippen LogP contribution in [0.2, 0.25) is 5.02 Å². The first-order chi connectivity index (χ1) is 11.9. The van der Waals surface area contributed by atoms with Crippen LogP contribution in [0.15, 0.2) is 42.5 Å². The summed E-state index contributed by atoms with van der Waals surface area (Å²) in [6, 6.07) is 11.3. The molecule has 0 heterocycles. The maximum atomic E-state index is 12.4. The van der Waals surface area contributed by atoms with Gasteiger partial charge in [0.2, 0.25) is 0 Å². The highest BCUT2D eigenvalue weighted by molar-refractivity contribution is 6.30. The predicted molar refractivity (Wildman–Crippen MR) is 97.3 cm³/mol. The van der Waals surface area contributed by atoms with Crippen molar-refractivity contribution in [3.8, 4) is 5.75 Å². The summed E-state index contributed by atoms with van der Waals surface area (Å²) in [5, 5.41) is 15.2. The van der Waals surface area contributed by atoms with Crippen LogP contribution in [0.3, 0.4) is 0 Å². The van der Waals surface area contributed by atoms with E-state index in [0.717, 1.165) is 0 Å². The average Bonchev–Trinajstić information content (AvgIpc) is 2.57. The Labute approximate surface area is 150 Å². The van der Waals surface area contributed by atoms with Crippen LogP contribution in [0.4, 0.5) is 11.4 Å². The van der Waals surface area contributed by atoms with Crippen LogP contribution in [-0.4, -0.2) is 29.6 Å². The molecule has 0 aliphatic rings. The van der Waals surface area contributed by atoms with Crippen LogP contribution < -0.4 is 15.4 Å². The van der Waals surface area contributed by atoms with E-state index in [4.69, 9.17) is 16.3 Å². The first-order valence-corrected chi connectivity index (χ1v) is 8.11. The van der Waals surface area contributed by atoms with Gasteiger partial charge < -0.3 is 20.5 Å². The van der Waals surface area contributed by atoms with Crippen molar-refractivity contribution in [2.24, 2.45) is 0 Å². The fourth-order valence-corrected chi connectivity index (χ4v) is 2.15. The van der Waals surface area contributed by atoms with Crippen LogP contribution in [-0.2, 0) is 4.79 Å². The smallest absolute Gasteiger partial charge is 0.255 e. The van der Waals surface area contributed by atoms with Crippen molar-refractivity contribution in [2.75, 3.05) is 17.2 Å². The lowest BCUT2D eigenvalue weighted by atomic mass is 10.2. The van der Waals surface area contributed by atoms with E-state index < -0.39 is 12.0 Å². The van der Waals surface area contributed by atoms with Crippen molar-refractivity contribution >= 4 is 34.8 Å². The molecule has 3 N–H and O–H groups in total. The van der Waals surface area contributed by atoms with Crippen molar-refractivity contribution in [3.05, 3.63) is 53.1 Å². The molecule has 2 aromatic rings. The highest BCUT2D eigenvalue weighted by Gasteiger charge is 2.15. The number of benzene rings is 2. The van der Waals surface area contributed by atoms with Gasteiger partial charge in [0, 0.05) is 16.7 Å². The lowest BCUT2D eigenvalue weighted by Crippen LogP contribution is -2.25. The van der Waals surface area contributed by atoms with E-state index in [-0.39, 0.29) is 5.91 Å². The van der Waals surface area contributed by atoms with Gasteiger partial charge in [0.1, 0.15) is 11.9 Å². The lowest BCUT2D eigenvalue weighted by molar-refractivity contribution is -0.123. The number of nitrogens with one attached hydrogen (secondary N) is 2. The van der Waals surface area contributed by atoms with Crippen LogP contribution >= 0.6 is 11.6 Å². The molecule has 25 heavy (non-hydrogen) atoms. The number of amides is 2. The normalized spacial score (nSPS) is 11.5. The summed E-state index contributed by atoms with van der Waals surface area (Å²) in [6.07, 6.45) is -1.17. The zero-order valence-corrected chi connectivity index (χ0v) is 14.6. The summed E-state index contributed by atoms with van der Waals surface area (Å²) in [5.74, 6) is -0.395. The number of hydrogen-bond acceptors (Lipinski definition) is 4. The maximum Gasteiger partial charge on any atom is 0.255 e. The van der Waals surface area contributed by atoms with Crippen LogP contribution in [0.25, 0.3) is 0 Å². The second-order valence-electron chi connectivity index (χ2n) is 5.27. The molecule has 2 aromatic carbocycles. The molecular weight excluding hydrogens is 344 g/mol. The Hall–Kier alpha value is -2.57. The fraction of sp³-hybridized carbons (Fsp3) is 0.222. The summed E-state index contributed by atoms with van der Waals surface area (Å²) in [6.45, 7) is 3.66. The van der Waals surface area contributed by atoms with Crippen molar-refractivity contribution in [1.29, 1.82) is 0 Å². The molecule has 0 radical (unpaired) electrons. The Morgan fingerprint density at radius 2 is 1.80 bits per heavy atom. The molecule has 6 nitrogen and oxygen atoms in total. The largest absolute Gasteiger partial charge is 0.494 e. The average molecular weight is 363 g/mol. The zero-order chi connectivity index (χ0) is 18.4. The minimum atomic E-state index is -1.17. The van der Waals surface area contributed by atoms with Gasteiger partial charge in [0.15, 0.2) is 0 Å². The third-order valence-corrected chi connectivity index (χ3v) is 3.55. The quantitative estimate of drug-likeness (QED) is 0.735. The topological polar surface area (TPSA) is 87.7 Å². The minimum Gasteiger partial charge on any atom is -0.494 e. The van der Waals surface area contributed by atoms with E-state index in [1.54, 1.807) is 42.5 Å². The third kappa shape index (κ3) is 5.20. The SMILES string of the molecule is CCOc1ccc(NC(=O)[C@H](C)O)c(NC(=O)c2ccc(Cl)cc2)c1. The first kappa shape index (κ1) is 18.8. The molecule has 0 unspecified atom stereocenters. The number of aliphatic hydroxyl groups is 1. The zero-order valence-electron chi connectivity index (χ0n) is 13.9. The number of carbonyl (C=O) groups excluding carboxylic acids is 2. The maximum absolute atomic E-state index is 12.4. The van der Waals surface area contributed by atoms with Gasteiger partial charge in [-0.2, -0.15) is 0 Å². The van der Waals surface area contributed by atoms with Crippen molar-refractivity contribution in [1.82, 2.24) is 0 Å². The summed E-state index contributed by atoms with van der Waals surface area (Å²) in [4.78, 5) is 24.2. The summed E-state index contributed by atoms with van der Waals surface area (Å²) in [5.41, 5.74) is 1.13. The molecule has 0 aliphatic heterocycles. The molecule has 1 atom stereocenters. The van der Waals surface area contributed by atoms with E-state index in [2.05, 4.69) is 10.6 Å². The van der Waals surface area contributed by atoms with Crippen molar-refractivity contribution < 1.29 is 19.4 Å². The number of anilines is 2. The standard InChI is InChI=1S/C18H19ClN2O4/c1-3-25-14-8-9-15(20-17(23)11(2)22)16(10-14)21-18(24)12-4-6-13(19)7-5-12/h4-11,22H,3H2,1-2H3,(H,20,23)(H,21,24)/t11-/m0/s1. The van der Waals surface area contributed by atoms with E-state index in [9.17, 15) is 14.7 Å². The summed E-state index contributed by atoms with van der Waals surface area (Å²) < 4.78 is 5.43. The first-order valence-electron chi connectivity index (χ1n) is 7.73. The van der Waals surface area contributed by atoms with Gasteiger partial charge in [0.05, 0.1) is 18.0 Å². The Bertz CT molecular complexity index is 760. The lowest BCUT2D eigenvalue weighted by Gasteiger charge is -2.15. The van der Waals surface area contributed by atoms with Gasteiger partial charge in [-0.1, -0.05) is 11.6 Å². The highest BCUT2D eigenvalue weighted by Crippen LogP contribution is 2.28. The van der Waals surface area contributed by atoms with Gasteiger partial charge in [-0.25, -0.2) is 0 Å². The molecular formula is C18H19ClN2O4. The van der Waals surface area contributed by atoms with E-state index in [1.165, 1.54) is 6.92 Å². The number of carbonyl (C=O) groups is 2. The second-order valence-corrected chi connectivity index (χ2v) is 5.70. The number of halogens is 1. The molecule has 2 rings (SSSR count). The van der Waals surface area contributed by atoms with E-state index in [1.807, 2.05) is 6.92 Å². The number of rotatable bonds is 6. The van der Waals surface area contributed by atoms with Gasteiger partial charge in [0.25, 0.3) is 11.8 Å². The van der Waals surface area contributed by atoms with Gasteiger partial charge >= 0.3 is 0 Å². The van der Waals surface area contributed by atoms with Crippen LogP contribution in [0, 0.1) is 0 Å². The highest BCUT2D eigenvalue weighted by atomic mass is 35.5. The van der Waals surface area contributed by atoms with Crippen LogP contribution in [0.1, 0.15) is 24.2 Å². The molecule has 0 fully saturated rings. The van der Waals surface area contributed by atoms with E-state index >= 15 is 0 Å². The predicted octanol–water partition coefficient (Wildman–Crippen LogP) is 3.31. The Morgan fingerprint density at radius 3 is 2.40 bits per heavy atom. The summed E-state index contributed by atoms with van der Waals surface area (Å²) in [7, 11) is 0. The monoisotopic (exact) mass is 362 g/mol. The molecule has 0 bridgehead atoms. The molecule has 132 valence electrons. The van der Waals surface area contributed by atoms with Gasteiger partial charge in [-0.05, 0) is 50.2 Å². The number of hydrogen-bond donors (Lipinski definition) is 3. The van der Waals surface area contributed by atoms with Gasteiger partial charge in [-0.15, -0.1) is 0 Å². The Morgan fingerprint density at radius 1 is 1.12 bits per heavy atom. The molecule has 0 saturated heterocycles. The van der Waals surface area contributed by atoms with Crippen molar-refractivity contribution in [2.45, 2.75) is 20.0 Å². The van der Waals surface area contributed by atoms with Crippen molar-refractivity contribution in [3.63, 3.8) is 0 Å².